The lowest BCUT2D eigenvalue weighted by Gasteiger charge is -2.18. The summed E-state index contributed by atoms with van der Waals surface area (Å²) in [6.45, 7) is 0.761. The average molecular weight is 347 g/mol. The highest BCUT2D eigenvalue weighted by molar-refractivity contribution is 7.89. The normalized spacial score (nSPS) is 13.0. The summed E-state index contributed by atoms with van der Waals surface area (Å²) in [5.41, 5.74) is 0.606. The third-order valence-electron chi connectivity index (χ3n) is 3.25. The Labute approximate surface area is 139 Å². The number of ether oxygens (including phenoxy) is 2. The van der Waals surface area contributed by atoms with Gasteiger partial charge in [-0.1, -0.05) is 11.8 Å². The van der Waals surface area contributed by atoms with Gasteiger partial charge in [0, 0.05) is 11.6 Å². The largest absolute Gasteiger partial charge is 0.486 e. The fourth-order valence-electron chi connectivity index (χ4n) is 2.08. The van der Waals surface area contributed by atoms with Crippen LogP contribution < -0.4 is 14.2 Å². The molecule has 2 aromatic carbocycles. The van der Waals surface area contributed by atoms with Crippen LogP contribution in [0.4, 0.5) is 4.39 Å². The standard InChI is InChI=1S/C17H14FNO4S/c18-14-5-3-13(4-6-14)2-1-9-19-24(20,21)15-7-8-16-17(12-15)23-11-10-22-16/h3-8,12,19H,9-11H2. The quantitative estimate of drug-likeness (QED) is 0.862. The van der Waals surface area contributed by atoms with Crippen LogP contribution in [0.5, 0.6) is 11.5 Å². The van der Waals surface area contributed by atoms with Crippen molar-refractivity contribution in [1.82, 2.24) is 4.72 Å². The molecule has 0 fully saturated rings. The number of hydrogen-bond acceptors (Lipinski definition) is 4. The van der Waals surface area contributed by atoms with E-state index in [1.165, 1.54) is 36.4 Å². The number of rotatable bonds is 3. The van der Waals surface area contributed by atoms with Gasteiger partial charge in [0.15, 0.2) is 11.5 Å². The first kappa shape index (κ1) is 16.3. The zero-order valence-corrected chi connectivity index (χ0v) is 13.4. The lowest BCUT2D eigenvalue weighted by atomic mass is 10.2. The van der Waals surface area contributed by atoms with Gasteiger partial charge < -0.3 is 9.47 Å². The molecular weight excluding hydrogens is 333 g/mol. The Morgan fingerprint density at radius 3 is 2.50 bits per heavy atom. The summed E-state index contributed by atoms with van der Waals surface area (Å²) >= 11 is 0. The first-order valence-corrected chi connectivity index (χ1v) is 8.67. The van der Waals surface area contributed by atoms with Gasteiger partial charge in [-0.05, 0) is 36.4 Å². The van der Waals surface area contributed by atoms with Gasteiger partial charge in [-0.2, -0.15) is 4.72 Å². The molecule has 0 aromatic heterocycles. The molecule has 0 bridgehead atoms. The fraction of sp³-hybridized carbons (Fsp3) is 0.176. The molecule has 2 aromatic rings. The van der Waals surface area contributed by atoms with E-state index in [2.05, 4.69) is 16.6 Å². The summed E-state index contributed by atoms with van der Waals surface area (Å²) in [6.07, 6.45) is 0. The first-order valence-electron chi connectivity index (χ1n) is 7.18. The predicted molar refractivity (Wildman–Crippen MR) is 85.9 cm³/mol. The van der Waals surface area contributed by atoms with Crippen molar-refractivity contribution in [2.45, 2.75) is 4.90 Å². The molecule has 1 aliphatic rings. The maximum atomic E-state index is 12.8. The molecular formula is C17H14FNO4S. The van der Waals surface area contributed by atoms with Crippen LogP contribution in [0, 0.1) is 17.7 Å². The van der Waals surface area contributed by atoms with Crippen molar-refractivity contribution in [1.29, 1.82) is 0 Å². The number of nitrogens with one attached hydrogen (secondary N) is 1. The molecule has 1 aliphatic heterocycles. The van der Waals surface area contributed by atoms with E-state index in [4.69, 9.17) is 9.47 Å². The molecule has 0 amide bonds. The Bertz CT molecular complexity index is 898. The number of fused-ring (bicyclic) bond motifs is 1. The van der Waals surface area contributed by atoms with Crippen LogP contribution in [0.15, 0.2) is 47.4 Å². The third-order valence-corrected chi connectivity index (χ3v) is 4.65. The van der Waals surface area contributed by atoms with Gasteiger partial charge in [-0.25, -0.2) is 12.8 Å². The van der Waals surface area contributed by atoms with Crippen molar-refractivity contribution >= 4 is 10.0 Å². The zero-order chi connectivity index (χ0) is 17.0. The van der Waals surface area contributed by atoms with Crippen molar-refractivity contribution in [2.75, 3.05) is 19.8 Å². The van der Waals surface area contributed by atoms with Crippen molar-refractivity contribution in [3.63, 3.8) is 0 Å². The van der Waals surface area contributed by atoms with E-state index in [1.807, 2.05) is 0 Å². The van der Waals surface area contributed by atoms with Gasteiger partial charge in [0.1, 0.15) is 19.0 Å². The minimum absolute atomic E-state index is 0.0614. The molecule has 5 nitrogen and oxygen atoms in total. The fourth-order valence-corrected chi connectivity index (χ4v) is 3.02. The van der Waals surface area contributed by atoms with Gasteiger partial charge in [0.2, 0.25) is 10.0 Å². The van der Waals surface area contributed by atoms with E-state index in [1.54, 1.807) is 6.07 Å². The first-order chi connectivity index (χ1) is 11.5. The monoisotopic (exact) mass is 347 g/mol. The Balaban J connectivity index is 1.67. The SMILES string of the molecule is O=S(=O)(NCC#Cc1ccc(F)cc1)c1ccc2c(c1)OCCO2. The van der Waals surface area contributed by atoms with Crippen LogP contribution in [0.1, 0.15) is 5.56 Å². The van der Waals surface area contributed by atoms with Gasteiger partial charge in [-0.15, -0.1) is 0 Å². The second-order valence-electron chi connectivity index (χ2n) is 4.94. The molecule has 24 heavy (non-hydrogen) atoms. The maximum Gasteiger partial charge on any atom is 0.241 e. The van der Waals surface area contributed by atoms with Crippen LogP contribution in [0.2, 0.25) is 0 Å². The zero-order valence-electron chi connectivity index (χ0n) is 12.6. The van der Waals surface area contributed by atoms with Gasteiger partial charge in [-0.3, -0.25) is 0 Å². The van der Waals surface area contributed by atoms with Crippen LogP contribution >= 0.6 is 0 Å². The molecule has 0 spiro atoms. The maximum absolute atomic E-state index is 12.8. The molecule has 0 unspecified atom stereocenters. The molecule has 3 rings (SSSR count). The van der Waals surface area contributed by atoms with Crippen molar-refractivity contribution < 1.29 is 22.3 Å². The number of sulfonamides is 1. The molecule has 1 heterocycles. The lowest BCUT2D eigenvalue weighted by Crippen LogP contribution is -2.24. The molecule has 124 valence electrons. The molecule has 0 saturated carbocycles. The molecule has 0 radical (unpaired) electrons. The highest BCUT2D eigenvalue weighted by atomic mass is 32.2. The van der Waals surface area contributed by atoms with Crippen molar-refractivity contribution in [3.8, 4) is 23.3 Å². The van der Waals surface area contributed by atoms with E-state index in [9.17, 15) is 12.8 Å². The van der Waals surface area contributed by atoms with E-state index in [-0.39, 0.29) is 17.3 Å². The third kappa shape index (κ3) is 3.85. The molecule has 0 atom stereocenters. The Morgan fingerprint density at radius 1 is 1.04 bits per heavy atom. The second kappa shape index (κ2) is 6.91. The number of halogens is 1. The second-order valence-corrected chi connectivity index (χ2v) is 6.71. The Hall–Kier alpha value is -2.56. The molecule has 0 saturated heterocycles. The van der Waals surface area contributed by atoms with Gasteiger partial charge in [0.25, 0.3) is 0 Å². The summed E-state index contributed by atoms with van der Waals surface area (Å²) < 4.78 is 50.4. The molecule has 1 N–H and O–H groups in total. The molecule has 0 aliphatic carbocycles. The summed E-state index contributed by atoms with van der Waals surface area (Å²) in [7, 11) is -3.70. The lowest BCUT2D eigenvalue weighted by molar-refractivity contribution is 0.171. The summed E-state index contributed by atoms with van der Waals surface area (Å²) in [4.78, 5) is 0.0790. The minimum atomic E-state index is -3.70. The smallest absolute Gasteiger partial charge is 0.241 e. The minimum Gasteiger partial charge on any atom is -0.486 e. The van der Waals surface area contributed by atoms with Crippen LogP contribution in [-0.4, -0.2) is 28.2 Å². The number of benzene rings is 2. The van der Waals surface area contributed by atoms with Crippen molar-refractivity contribution in [3.05, 3.63) is 53.8 Å². The van der Waals surface area contributed by atoms with E-state index in [0.29, 0.717) is 30.3 Å². The number of hydrogen-bond donors (Lipinski definition) is 1. The topological polar surface area (TPSA) is 64.6 Å². The Kier molecular flexibility index (Phi) is 4.69. The predicted octanol–water partition coefficient (Wildman–Crippen LogP) is 1.93. The highest BCUT2D eigenvalue weighted by Gasteiger charge is 2.18. The van der Waals surface area contributed by atoms with E-state index >= 15 is 0 Å². The van der Waals surface area contributed by atoms with E-state index < -0.39 is 10.0 Å². The van der Waals surface area contributed by atoms with Crippen LogP contribution in [-0.2, 0) is 10.0 Å². The van der Waals surface area contributed by atoms with Crippen LogP contribution in [0.3, 0.4) is 0 Å². The Morgan fingerprint density at radius 2 is 1.75 bits per heavy atom. The summed E-state index contributed by atoms with van der Waals surface area (Å²) in [6, 6.07) is 10.1. The highest BCUT2D eigenvalue weighted by Crippen LogP contribution is 2.32. The molecule has 7 heteroatoms. The van der Waals surface area contributed by atoms with Gasteiger partial charge in [0.05, 0.1) is 11.4 Å². The summed E-state index contributed by atoms with van der Waals surface area (Å²) in [5.74, 6) is 6.03. The van der Waals surface area contributed by atoms with Crippen molar-refractivity contribution in [2.24, 2.45) is 0 Å². The average Bonchev–Trinajstić information content (AvgIpc) is 2.60. The summed E-state index contributed by atoms with van der Waals surface area (Å²) in [5, 5.41) is 0. The van der Waals surface area contributed by atoms with E-state index in [0.717, 1.165) is 0 Å². The van der Waals surface area contributed by atoms with Gasteiger partial charge >= 0.3 is 0 Å². The van der Waals surface area contributed by atoms with Crippen LogP contribution in [0.25, 0.3) is 0 Å².